The van der Waals surface area contributed by atoms with E-state index in [0.717, 1.165) is 0 Å². The summed E-state index contributed by atoms with van der Waals surface area (Å²) in [6.07, 6.45) is 1.45. The lowest BCUT2D eigenvalue weighted by Crippen LogP contribution is -2.40. The van der Waals surface area contributed by atoms with E-state index in [4.69, 9.17) is 5.26 Å². The Morgan fingerprint density at radius 2 is 1.92 bits per heavy atom. The second-order valence-electron chi connectivity index (χ2n) is 5.05. The number of rotatable bonds is 5. The topological polar surface area (TPSA) is 140 Å². The highest BCUT2D eigenvalue weighted by Crippen LogP contribution is 2.17. The second-order valence-corrected chi connectivity index (χ2v) is 5.05. The monoisotopic (exact) mass is 340 g/mol. The number of anilines is 1. The summed E-state index contributed by atoms with van der Waals surface area (Å²) in [5, 5.41) is 22.6. The van der Waals surface area contributed by atoms with E-state index in [9.17, 15) is 14.4 Å². The van der Waals surface area contributed by atoms with E-state index in [1.807, 2.05) is 6.07 Å². The minimum atomic E-state index is -0.887. The van der Waals surface area contributed by atoms with Crippen molar-refractivity contribution >= 4 is 23.4 Å². The molecule has 0 spiro atoms. The van der Waals surface area contributed by atoms with Crippen LogP contribution >= 0.6 is 0 Å². The molecule has 0 aliphatic heterocycles. The van der Waals surface area contributed by atoms with Crippen LogP contribution in [0.4, 0.5) is 5.69 Å². The minimum Gasteiger partial charge on any atom is -0.349 e. The van der Waals surface area contributed by atoms with Gasteiger partial charge in [-0.25, -0.2) is 0 Å². The van der Waals surface area contributed by atoms with Gasteiger partial charge in [-0.05, 0) is 24.6 Å². The Labute approximate surface area is 143 Å². The molecule has 0 bridgehead atoms. The molecule has 0 saturated heterocycles. The van der Waals surface area contributed by atoms with Crippen molar-refractivity contribution in [3.63, 3.8) is 0 Å². The number of aryl methyl sites for hydroxylation is 1. The Balaban J connectivity index is 1.79. The van der Waals surface area contributed by atoms with E-state index in [1.54, 1.807) is 25.1 Å². The van der Waals surface area contributed by atoms with Crippen molar-refractivity contribution in [1.82, 2.24) is 20.8 Å². The largest absolute Gasteiger partial charge is 0.349 e. The Kier molecular flexibility index (Phi) is 5.84. The minimum absolute atomic E-state index is 0.0745. The fraction of sp³-hybridized carbons (Fsp3) is 0.188. The van der Waals surface area contributed by atoms with Crippen LogP contribution in [-0.2, 0) is 9.59 Å². The average molecular weight is 340 g/mol. The van der Waals surface area contributed by atoms with Crippen molar-refractivity contribution in [2.24, 2.45) is 0 Å². The zero-order valence-electron chi connectivity index (χ0n) is 13.4. The van der Waals surface area contributed by atoms with E-state index >= 15 is 0 Å². The number of nitrogens with one attached hydrogen (secondary N) is 4. The molecule has 0 aliphatic carbocycles. The Hall–Kier alpha value is -3.67. The molecule has 1 heterocycles. The van der Waals surface area contributed by atoms with Gasteiger partial charge in [0, 0.05) is 19.3 Å². The zero-order chi connectivity index (χ0) is 18.2. The lowest BCUT2D eigenvalue weighted by molar-refractivity contribution is -0.136. The lowest BCUT2D eigenvalue weighted by atomic mass is 10.1. The standard InChI is InChI=1S/C16H16N6O3/c1-10-3-2-4-12(11(10)9-17)21-16(25)15(24)19-8-7-18-14(23)13-5-6-20-22-13/h2-6H,7-8H2,1H3,(H,18,23)(H,19,24)(H,20,22)(H,21,25). The van der Waals surface area contributed by atoms with Gasteiger partial charge < -0.3 is 16.0 Å². The molecule has 0 radical (unpaired) electrons. The van der Waals surface area contributed by atoms with Gasteiger partial charge >= 0.3 is 11.8 Å². The average Bonchev–Trinajstić information content (AvgIpc) is 3.13. The molecular formula is C16H16N6O3. The summed E-state index contributed by atoms with van der Waals surface area (Å²) in [5.41, 5.74) is 1.57. The fourth-order valence-corrected chi connectivity index (χ4v) is 2.01. The Bertz CT molecular complexity index is 823. The quantitative estimate of drug-likeness (QED) is 0.450. The van der Waals surface area contributed by atoms with Crippen molar-refractivity contribution in [3.8, 4) is 6.07 Å². The van der Waals surface area contributed by atoms with Gasteiger partial charge in [-0.15, -0.1) is 0 Å². The van der Waals surface area contributed by atoms with E-state index in [-0.39, 0.29) is 24.7 Å². The fourth-order valence-electron chi connectivity index (χ4n) is 2.01. The lowest BCUT2D eigenvalue weighted by Gasteiger charge is -2.09. The summed E-state index contributed by atoms with van der Waals surface area (Å²) < 4.78 is 0. The van der Waals surface area contributed by atoms with Crippen molar-refractivity contribution < 1.29 is 14.4 Å². The highest BCUT2D eigenvalue weighted by molar-refractivity contribution is 6.39. The van der Waals surface area contributed by atoms with Crippen molar-refractivity contribution in [3.05, 3.63) is 47.3 Å². The van der Waals surface area contributed by atoms with Crippen LogP contribution in [-0.4, -0.2) is 41.0 Å². The van der Waals surface area contributed by atoms with Crippen molar-refractivity contribution in [2.75, 3.05) is 18.4 Å². The molecule has 0 saturated carbocycles. The van der Waals surface area contributed by atoms with Crippen LogP contribution in [0.25, 0.3) is 0 Å². The van der Waals surface area contributed by atoms with Crippen molar-refractivity contribution in [2.45, 2.75) is 6.92 Å². The normalized spacial score (nSPS) is 9.76. The molecule has 0 unspecified atom stereocenters. The van der Waals surface area contributed by atoms with Gasteiger partial charge in [0.25, 0.3) is 5.91 Å². The number of hydrogen-bond donors (Lipinski definition) is 4. The first-order chi connectivity index (χ1) is 12.0. The van der Waals surface area contributed by atoms with Crippen LogP contribution in [0.3, 0.4) is 0 Å². The third kappa shape index (κ3) is 4.65. The van der Waals surface area contributed by atoms with E-state index in [1.165, 1.54) is 12.3 Å². The third-order valence-corrected chi connectivity index (χ3v) is 3.28. The molecule has 3 amide bonds. The molecule has 0 atom stereocenters. The van der Waals surface area contributed by atoms with Crippen LogP contribution in [0.2, 0.25) is 0 Å². The molecule has 2 aromatic rings. The van der Waals surface area contributed by atoms with E-state index in [0.29, 0.717) is 16.8 Å². The number of nitriles is 1. The summed E-state index contributed by atoms with van der Waals surface area (Å²) >= 11 is 0. The molecule has 9 heteroatoms. The molecule has 4 N–H and O–H groups in total. The maximum atomic E-state index is 11.9. The first kappa shape index (κ1) is 17.7. The van der Waals surface area contributed by atoms with Gasteiger partial charge in [-0.2, -0.15) is 10.4 Å². The van der Waals surface area contributed by atoms with E-state index < -0.39 is 11.8 Å². The number of hydrogen-bond acceptors (Lipinski definition) is 5. The predicted octanol–water partition coefficient (Wildman–Crippen LogP) is 0.0745. The summed E-state index contributed by atoms with van der Waals surface area (Å²) in [5.74, 6) is -2.11. The summed E-state index contributed by atoms with van der Waals surface area (Å²) in [6, 6.07) is 8.45. The second kappa shape index (κ2) is 8.26. The third-order valence-electron chi connectivity index (χ3n) is 3.28. The molecule has 25 heavy (non-hydrogen) atoms. The SMILES string of the molecule is Cc1cccc(NC(=O)C(=O)NCCNC(=O)c2ccn[nH]2)c1C#N. The predicted molar refractivity (Wildman–Crippen MR) is 88.5 cm³/mol. The van der Waals surface area contributed by atoms with Gasteiger partial charge in [0.05, 0.1) is 11.3 Å². The van der Waals surface area contributed by atoms with Gasteiger partial charge in [0.1, 0.15) is 11.8 Å². The molecule has 0 aliphatic rings. The van der Waals surface area contributed by atoms with Crippen LogP contribution in [0.15, 0.2) is 30.5 Å². The maximum absolute atomic E-state index is 11.9. The van der Waals surface area contributed by atoms with E-state index in [2.05, 4.69) is 26.1 Å². The number of carbonyl (C=O) groups excluding carboxylic acids is 3. The summed E-state index contributed by atoms with van der Waals surface area (Å²) in [7, 11) is 0. The van der Waals surface area contributed by atoms with Gasteiger partial charge in [0.15, 0.2) is 0 Å². The Morgan fingerprint density at radius 3 is 2.60 bits per heavy atom. The van der Waals surface area contributed by atoms with Crippen LogP contribution < -0.4 is 16.0 Å². The molecule has 9 nitrogen and oxygen atoms in total. The van der Waals surface area contributed by atoms with Gasteiger partial charge in [-0.1, -0.05) is 12.1 Å². The van der Waals surface area contributed by atoms with Gasteiger partial charge in [-0.3, -0.25) is 19.5 Å². The number of amides is 3. The molecule has 2 rings (SSSR count). The number of aromatic nitrogens is 2. The summed E-state index contributed by atoms with van der Waals surface area (Å²) in [4.78, 5) is 35.3. The number of H-pyrrole nitrogens is 1. The first-order valence-corrected chi connectivity index (χ1v) is 7.39. The van der Waals surface area contributed by atoms with Crippen molar-refractivity contribution in [1.29, 1.82) is 5.26 Å². The molecular weight excluding hydrogens is 324 g/mol. The number of aromatic amines is 1. The van der Waals surface area contributed by atoms with Crippen LogP contribution in [0.1, 0.15) is 21.6 Å². The number of carbonyl (C=O) groups is 3. The zero-order valence-corrected chi connectivity index (χ0v) is 13.4. The van der Waals surface area contributed by atoms with Crippen LogP contribution in [0.5, 0.6) is 0 Å². The molecule has 1 aromatic carbocycles. The molecule has 0 fully saturated rings. The molecule has 1 aromatic heterocycles. The smallest absolute Gasteiger partial charge is 0.313 e. The number of nitrogens with zero attached hydrogens (tertiary/aromatic N) is 2. The summed E-state index contributed by atoms with van der Waals surface area (Å²) in [6.45, 7) is 1.95. The highest BCUT2D eigenvalue weighted by atomic mass is 16.2. The van der Waals surface area contributed by atoms with Gasteiger partial charge in [0.2, 0.25) is 0 Å². The number of benzene rings is 1. The Morgan fingerprint density at radius 1 is 1.16 bits per heavy atom. The highest BCUT2D eigenvalue weighted by Gasteiger charge is 2.15. The molecule has 128 valence electrons. The first-order valence-electron chi connectivity index (χ1n) is 7.39. The maximum Gasteiger partial charge on any atom is 0.313 e. The van der Waals surface area contributed by atoms with Crippen LogP contribution in [0, 0.1) is 18.3 Å².